The van der Waals surface area contributed by atoms with Crippen molar-refractivity contribution in [2.45, 2.75) is 19.9 Å². The Balaban J connectivity index is 2.57. The molecule has 6 nitrogen and oxygen atoms in total. The zero-order valence-electron chi connectivity index (χ0n) is 13.6. The molecule has 1 aromatic rings. The molecule has 0 fully saturated rings. The van der Waals surface area contributed by atoms with Gasteiger partial charge in [-0.25, -0.2) is 0 Å². The van der Waals surface area contributed by atoms with Crippen LogP contribution < -0.4 is 10.6 Å². The second-order valence-corrected chi connectivity index (χ2v) is 4.84. The summed E-state index contributed by atoms with van der Waals surface area (Å²) in [6.07, 6.45) is 1.70. The fourth-order valence-electron chi connectivity index (χ4n) is 1.89. The lowest BCUT2D eigenvalue weighted by atomic mass is 10.2. The first kappa shape index (κ1) is 17.5. The first-order valence-corrected chi connectivity index (χ1v) is 7.48. The van der Waals surface area contributed by atoms with Gasteiger partial charge in [-0.15, -0.1) is 0 Å². The Bertz CT molecular complexity index is 390. The number of nitrogens with zero attached hydrogens (tertiary/aromatic N) is 2. The molecule has 0 spiro atoms. The fraction of sp³-hybridized carbons (Fsp3) is 0.667. The summed E-state index contributed by atoms with van der Waals surface area (Å²) in [4.78, 5) is 6.73. The standard InChI is InChI=1S/C15H28N4O2/c1-5-16-15(17-9-11-20-6-2)18-12-13(19(3)4)14-8-7-10-21-14/h7-8,10,13H,5-6,9,11-12H2,1-4H3,(H2,16,17,18). The SMILES string of the molecule is CCNC(=NCC(c1ccco1)N(C)C)NCCOCC. The molecule has 0 amide bonds. The molecule has 0 aliphatic rings. The molecule has 120 valence electrons. The van der Waals surface area contributed by atoms with Crippen LogP contribution in [0.3, 0.4) is 0 Å². The van der Waals surface area contributed by atoms with Crippen molar-refractivity contribution in [2.75, 3.05) is 46.9 Å². The van der Waals surface area contributed by atoms with Crippen molar-refractivity contribution in [3.63, 3.8) is 0 Å². The lowest BCUT2D eigenvalue weighted by Gasteiger charge is -2.21. The van der Waals surface area contributed by atoms with Gasteiger partial charge in [0.1, 0.15) is 5.76 Å². The Morgan fingerprint density at radius 2 is 2.19 bits per heavy atom. The van der Waals surface area contributed by atoms with Gasteiger partial charge in [0, 0.05) is 19.7 Å². The minimum atomic E-state index is 0.127. The van der Waals surface area contributed by atoms with Crippen molar-refractivity contribution in [3.05, 3.63) is 24.2 Å². The van der Waals surface area contributed by atoms with Gasteiger partial charge < -0.3 is 19.8 Å². The molecule has 1 atom stereocenters. The van der Waals surface area contributed by atoms with Crippen LogP contribution in [0.4, 0.5) is 0 Å². The van der Waals surface area contributed by atoms with E-state index in [1.807, 2.05) is 33.2 Å². The number of hydrogen-bond acceptors (Lipinski definition) is 4. The minimum Gasteiger partial charge on any atom is -0.468 e. The molecule has 0 aliphatic carbocycles. The van der Waals surface area contributed by atoms with E-state index in [9.17, 15) is 0 Å². The third-order valence-electron chi connectivity index (χ3n) is 3.00. The zero-order chi connectivity index (χ0) is 15.5. The monoisotopic (exact) mass is 296 g/mol. The second kappa shape index (κ2) is 10.2. The molecule has 0 aromatic carbocycles. The normalized spacial score (nSPS) is 13.5. The second-order valence-electron chi connectivity index (χ2n) is 4.84. The Morgan fingerprint density at radius 1 is 1.38 bits per heavy atom. The van der Waals surface area contributed by atoms with Crippen LogP contribution in [0.2, 0.25) is 0 Å². The summed E-state index contributed by atoms with van der Waals surface area (Å²) in [7, 11) is 4.05. The quantitative estimate of drug-likeness (QED) is 0.410. The summed E-state index contributed by atoms with van der Waals surface area (Å²) in [5.41, 5.74) is 0. The Hall–Kier alpha value is -1.53. The fourth-order valence-corrected chi connectivity index (χ4v) is 1.89. The van der Waals surface area contributed by atoms with Gasteiger partial charge in [-0.3, -0.25) is 9.89 Å². The van der Waals surface area contributed by atoms with Crippen LogP contribution >= 0.6 is 0 Å². The summed E-state index contributed by atoms with van der Waals surface area (Å²) < 4.78 is 10.8. The molecule has 0 saturated heterocycles. The largest absolute Gasteiger partial charge is 0.468 e. The van der Waals surface area contributed by atoms with Crippen molar-refractivity contribution in [3.8, 4) is 0 Å². The van der Waals surface area contributed by atoms with Crippen molar-refractivity contribution >= 4 is 5.96 Å². The van der Waals surface area contributed by atoms with Crippen molar-refractivity contribution in [2.24, 2.45) is 4.99 Å². The van der Waals surface area contributed by atoms with E-state index in [0.717, 1.165) is 31.4 Å². The van der Waals surface area contributed by atoms with Gasteiger partial charge in [0.2, 0.25) is 0 Å². The maximum Gasteiger partial charge on any atom is 0.191 e. The molecule has 21 heavy (non-hydrogen) atoms. The van der Waals surface area contributed by atoms with Gasteiger partial charge >= 0.3 is 0 Å². The molecule has 1 heterocycles. The molecular weight excluding hydrogens is 268 g/mol. The van der Waals surface area contributed by atoms with Gasteiger partial charge in [0.05, 0.1) is 25.5 Å². The first-order chi connectivity index (χ1) is 10.2. The molecule has 0 bridgehead atoms. The number of nitrogens with one attached hydrogen (secondary N) is 2. The lowest BCUT2D eigenvalue weighted by Crippen LogP contribution is -2.39. The molecule has 6 heteroatoms. The molecule has 1 aromatic heterocycles. The predicted octanol–water partition coefficient (Wildman–Crippen LogP) is 1.47. The van der Waals surface area contributed by atoms with Gasteiger partial charge in [-0.05, 0) is 40.1 Å². The highest BCUT2D eigenvalue weighted by Gasteiger charge is 2.16. The summed E-state index contributed by atoms with van der Waals surface area (Å²) in [5.74, 6) is 1.73. The van der Waals surface area contributed by atoms with Crippen molar-refractivity contribution in [1.29, 1.82) is 0 Å². The highest BCUT2D eigenvalue weighted by Crippen LogP contribution is 2.18. The van der Waals surface area contributed by atoms with Crippen LogP contribution in [0, 0.1) is 0 Å². The molecule has 0 radical (unpaired) electrons. The van der Waals surface area contributed by atoms with E-state index in [2.05, 4.69) is 27.4 Å². The van der Waals surface area contributed by atoms with Crippen LogP contribution in [0.15, 0.2) is 27.8 Å². The summed E-state index contributed by atoms with van der Waals surface area (Å²) >= 11 is 0. The van der Waals surface area contributed by atoms with E-state index in [1.165, 1.54) is 0 Å². The first-order valence-electron chi connectivity index (χ1n) is 7.48. The number of likely N-dealkylation sites (N-methyl/N-ethyl adjacent to an activating group) is 1. The maximum absolute atomic E-state index is 5.49. The maximum atomic E-state index is 5.49. The Kier molecular flexibility index (Phi) is 8.54. The van der Waals surface area contributed by atoms with Crippen LogP contribution in [0.25, 0.3) is 0 Å². The van der Waals surface area contributed by atoms with Gasteiger partial charge in [0.25, 0.3) is 0 Å². The summed E-state index contributed by atoms with van der Waals surface area (Å²) in [5, 5.41) is 6.49. The van der Waals surface area contributed by atoms with E-state index in [1.54, 1.807) is 6.26 Å². The third kappa shape index (κ3) is 6.64. The van der Waals surface area contributed by atoms with Crippen molar-refractivity contribution in [1.82, 2.24) is 15.5 Å². The van der Waals surface area contributed by atoms with Crippen molar-refractivity contribution < 1.29 is 9.15 Å². The smallest absolute Gasteiger partial charge is 0.191 e. The molecule has 0 saturated carbocycles. The van der Waals surface area contributed by atoms with Crippen LogP contribution in [-0.4, -0.2) is 57.8 Å². The lowest BCUT2D eigenvalue weighted by molar-refractivity contribution is 0.152. The van der Waals surface area contributed by atoms with E-state index in [4.69, 9.17) is 9.15 Å². The van der Waals surface area contributed by atoms with Crippen LogP contribution in [0.1, 0.15) is 25.6 Å². The average molecular weight is 296 g/mol. The minimum absolute atomic E-state index is 0.127. The Labute approximate surface area is 127 Å². The van der Waals surface area contributed by atoms with E-state index in [-0.39, 0.29) is 6.04 Å². The van der Waals surface area contributed by atoms with Crippen LogP contribution in [-0.2, 0) is 4.74 Å². The van der Waals surface area contributed by atoms with E-state index < -0.39 is 0 Å². The molecular formula is C15H28N4O2. The molecule has 1 unspecified atom stereocenters. The summed E-state index contributed by atoms with van der Waals surface area (Å²) in [6.45, 7) is 7.65. The number of guanidine groups is 1. The third-order valence-corrected chi connectivity index (χ3v) is 3.00. The summed E-state index contributed by atoms with van der Waals surface area (Å²) in [6, 6.07) is 4.01. The number of ether oxygens (including phenoxy) is 1. The number of hydrogen-bond donors (Lipinski definition) is 2. The van der Waals surface area contributed by atoms with Gasteiger partial charge in [-0.1, -0.05) is 0 Å². The number of rotatable bonds is 9. The highest BCUT2D eigenvalue weighted by atomic mass is 16.5. The van der Waals surface area contributed by atoms with Gasteiger partial charge in [-0.2, -0.15) is 0 Å². The number of aliphatic imine (C=N–C) groups is 1. The number of furan rings is 1. The van der Waals surface area contributed by atoms with E-state index in [0.29, 0.717) is 13.2 Å². The van der Waals surface area contributed by atoms with E-state index >= 15 is 0 Å². The molecule has 1 rings (SSSR count). The highest BCUT2D eigenvalue weighted by molar-refractivity contribution is 5.79. The topological polar surface area (TPSA) is 62.0 Å². The molecule has 0 aliphatic heterocycles. The average Bonchev–Trinajstić information content (AvgIpc) is 2.97. The predicted molar refractivity (Wildman–Crippen MR) is 85.6 cm³/mol. The Morgan fingerprint density at radius 3 is 2.76 bits per heavy atom. The zero-order valence-corrected chi connectivity index (χ0v) is 13.6. The van der Waals surface area contributed by atoms with Gasteiger partial charge in [0.15, 0.2) is 5.96 Å². The van der Waals surface area contributed by atoms with Crippen LogP contribution in [0.5, 0.6) is 0 Å². The molecule has 2 N–H and O–H groups in total.